The van der Waals surface area contributed by atoms with Gasteiger partial charge >= 0.3 is 0 Å². The van der Waals surface area contributed by atoms with Gasteiger partial charge in [0.05, 0.1) is 13.0 Å². The summed E-state index contributed by atoms with van der Waals surface area (Å²) in [5.41, 5.74) is 0.404. The van der Waals surface area contributed by atoms with Crippen LogP contribution < -0.4 is 5.32 Å². The average Bonchev–Trinajstić information content (AvgIpc) is 2.24. The number of ether oxygens (including phenoxy) is 1. The number of carbonyl (C=O) groups is 1. The summed E-state index contributed by atoms with van der Waals surface area (Å²) in [4.78, 5) is 13.8. The number of hydrogen-bond acceptors (Lipinski definition) is 3. The van der Waals surface area contributed by atoms with Crippen molar-refractivity contribution in [2.45, 2.75) is 19.3 Å². The largest absolute Gasteiger partial charge is 0.384 e. The summed E-state index contributed by atoms with van der Waals surface area (Å²) in [7, 11) is 1.64. The summed E-state index contributed by atoms with van der Waals surface area (Å²) >= 11 is 0. The standard InChI is InChI=1S/C11H20N2O2/c1-15-6-3-10(14)13-5-2-4-11(9-13)7-12-8-11/h12H,2-9H2,1H3. The predicted molar refractivity (Wildman–Crippen MR) is 57.6 cm³/mol. The minimum absolute atomic E-state index is 0.253. The molecule has 15 heavy (non-hydrogen) atoms. The minimum Gasteiger partial charge on any atom is -0.384 e. The fraction of sp³-hybridized carbons (Fsp3) is 0.909. The zero-order valence-electron chi connectivity index (χ0n) is 9.42. The van der Waals surface area contributed by atoms with Crippen LogP contribution in [0.1, 0.15) is 19.3 Å². The number of amides is 1. The van der Waals surface area contributed by atoms with Gasteiger partial charge in [-0.25, -0.2) is 0 Å². The van der Waals surface area contributed by atoms with Crippen LogP contribution in [0.2, 0.25) is 0 Å². The fourth-order valence-corrected chi connectivity index (χ4v) is 2.54. The van der Waals surface area contributed by atoms with E-state index in [-0.39, 0.29) is 5.91 Å². The molecular formula is C11H20N2O2. The van der Waals surface area contributed by atoms with Crippen LogP contribution in [0.4, 0.5) is 0 Å². The maximum Gasteiger partial charge on any atom is 0.224 e. The van der Waals surface area contributed by atoms with Crippen molar-refractivity contribution in [3.63, 3.8) is 0 Å². The van der Waals surface area contributed by atoms with E-state index in [1.807, 2.05) is 4.90 Å². The van der Waals surface area contributed by atoms with Gasteiger partial charge in [0.15, 0.2) is 0 Å². The number of rotatable bonds is 3. The molecule has 1 N–H and O–H groups in total. The van der Waals surface area contributed by atoms with Crippen LogP contribution in [0, 0.1) is 5.41 Å². The molecule has 0 bridgehead atoms. The first-order chi connectivity index (χ1) is 7.26. The topological polar surface area (TPSA) is 41.6 Å². The Labute approximate surface area is 91.0 Å². The molecule has 0 atom stereocenters. The Hall–Kier alpha value is -0.610. The quantitative estimate of drug-likeness (QED) is 0.728. The number of hydrogen-bond donors (Lipinski definition) is 1. The maximum atomic E-state index is 11.8. The highest BCUT2D eigenvalue weighted by Crippen LogP contribution is 2.33. The Morgan fingerprint density at radius 1 is 1.53 bits per heavy atom. The lowest BCUT2D eigenvalue weighted by atomic mass is 9.75. The number of carbonyl (C=O) groups excluding carboxylic acids is 1. The van der Waals surface area contributed by atoms with Gasteiger partial charge in [0.25, 0.3) is 0 Å². The first-order valence-corrected chi connectivity index (χ1v) is 5.73. The number of nitrogens with zero attached hydrogens (tertiary/aromatic N) is 1. The van der Waals surface area contributed by atoms with Crippen molar-refractivity contribution in [1.82, 2.24) is 10.2 Å². The van der Waals surface area contributed by atoms with Crippen molar-refractivity contribution in [2.75, 3.05) is 39.9 Å². The molecule has 2 aliphatic rings. The molecule has 86 valence electrons. The molecule has 0 unspecified atom stereocenters. The third-order valence-electron chi connectivity index (χ3n) is 3.53. The number of methoxy groups -OCH3 is 1. The van der Waals surface area contributed by atoms with E-state index in [0.29, 0.717) is 18.4 Å². The highest BCUT2D eigenvalue weighted by atomic mass is 16.5. The molecule has 4 nitrogen and oxygen atoms in total. The number of piperidine rings is 1. The predicted octanol–water partition coefficient (Wildman–Crippen LogP) is 0.235. The summed E-state index contributed by atoms with van der Waals surface area (Å²) in [6, 6.07) is 0. The van der Waals surface area contributed by atoms with Gasteiger partial charge < -0.3 is 15.0 Å². The van der Waals surface area contributed by atoms with Gasteiger partial charge in [-0.15, -0.1) is 0 Å². The second-order valence-corrected chi connectivity index (χ2v) is 4.77. The van der Waals surface area contributed by atoms with Crippen molar-refractivity contribution < 1.29 is 9.53 Å². The van der Waals surface area contributed by atoms with Gasteiger partial charge in [-0.1, -0.05) is 0 Å². The van der Waals surface area contributed by atoms with E-state index in [0.717, 1.165) is 32.6 Å². The molecule has 0 aromatic heterocycles. The van der Waals surface area contributed by atoms with Crippen LogP contribution in [0.25, 0.3) is 0 Å². The summed E-state index contributed by atoms with van der Waals surface area (Å²) in [5.74, 6) is 0.253. The summed E-state index contributed by atoms with van der Waals surface area (Å²) in [6.45, 7) is 4.59. The second kappa shape index (κ2) is 4.49. The van der Waals surface area contributed by atoms with Crippen molar-refractivity contribution in [2.24, 2.45) is 5.41 Å². The highest BCUT2D eigenvalue weighted by molar-refractivity contribution is 5.76. The van der Waals surface area contributed by atoms with Crippen molar-refractivity contribution in [3.05, 3.63) is 0 Å². The lowest BCUT2D eigenvalue weighted by Crippen LogP contribution is -2.61. The Morgan fingerprint density at radius 3 is 2.93 bits per heavy atom. The molecule has 2 aliphatic heterocycles. The molecule has 1 amide bonds. The van der Waals surface area contributed by atoms with Gasteiger partial charge in [0, 0.05) is 38.7 Å². The molecule has 0 aromatic carbocycles. The van der Waals surface area contributed by atoms with E-state index in [9.17, 15) is 4.79 Å². The third kappa shape index (κ3) is 2.32. The van der Waals surface area contributed by atoms with E-state index >= 15 is 0 Å². The van der Waals surface area contributed by atoms with Gasteiger partial charge in [0.2, 0.25) is 5.91 Å². The van der Waals surface area contributed by atoms with Crippen molar-refractivity contribution >= 4 is 5.91 Å². The SMILES string of the molecule is COCCC(=O)N1CCCC2(CNC2)C1. The van der Waals surface area contributed by atoms with E-state index in [2.05, 4.69) is 5.32 Å². The molecule has 0 aromatic rings. The lowest BCUT2D eigenvalue weighted by Gasteiger charge is -2.49. The fourth-order valence-electron chi connectivity index (χ4n) is 2.54. The zero-order valence-corrected chi connectivity index (χ0v) is 9.42. The maximum absolute atomic E-state index is 11.8. The molecule has 0 saturated carbocycles. The molecule has 4 heteroatoms. The van der Waals surface area contributed by atoms with Crippen molar-refractivity contribution in [3.8, 4) is 0 Å². The van der Waals surface area contributed by atoms with Gasteiger partial charge in [-0.2, -0.15) is 0 Å². The van der Waals surface area contributed by atoms with Crippen LogP contribution in [0.5, 0.6) is 0 Å². The molecule has 1 spiro atoms. The van der Waals surface area contributed by atoms with E-state index in [4.69, 9.17) is 4.74 Å². The smallest absolute Gasteiger partial charge is 0.224 e. The Balaban J connectivity index is 1.84. The van der Waals surface area contributed by atoms with Crippen LogP contribution in [0.3, 0.4) is 0 Å². The van der Waals surface area contributed by atoms with E-state index in [1.54, 1.807) is 7.11 Å². The van der Waals surface area contributed by atoms with Crippen LogP contribution in [-0.4, -0.2) is 50.7 Å². The number of nitrogens with one attached hydrogen (secondary N) is 1. The zero-order chi connectivity index (χ0) is 10.7. The molecule has 2 saturated heterocycles. The lowest BCUT2D eigenvalue weighted by molar-refractivity contribution is -0.136. The van der Waals surface area contributed by atoms with Crippen LogP contribution in [-0.2, 0) is 9.53 Å². The Morgan fingerprint density at radius 2 is 2.33 bits per heavy atom. The normalized spacial score (nSPS) is 23.9. The van der Waals surface area contributed by atoms with E-state index < -0.39 is 0 Å². The molecule has 2 heterocycles. The Kier molecular flexibility index (Phi) is 3.26. The second-order valence-electron chi connectivity index (χ2n) is 4.77. The van der Waals surface area contributed by atoms with Crippen LogP contribution in [0.15, 0.2) is 0 Å². The third-order valence-corrected chi connectivity index (χ3v) is 3.53. The monoisotopic (exact) mass is 212 g/mol. The molecule has 2 rings (SSSR count). The summed E-state index contributed by atoms with van der Waals surface area (Å²) in [6.07, 6.45) is 2.95. The van der Waals surface area contributed by atoms with Crippen molar-refractivity contribution in [1.29, 1.82) is 0 Å². The average molecular weight is 212 g/mol. The summed E-state index contributed by atoms with van der Waals surface area (Å²) < 4.78 is 4.94. The molecule has 0 radical (unpaired) electrons. The number of likely N-dealkylation sites (tertiary alicyclic amines) is 1. The first kappa shape index (κ1) is 10.9. The van der Waals surface area contributed by atoms with Gasteiger partial charge in [0.1, 0.15) is 0 Å². The minimum atomic E-state index is 0.253. The summed E-state index contributed by atoms with van der Waals surface area (Å²) in [5, 5.41) is 3.31. The molecular weight excluding hydrogens is 192 g/mol. The molecule has 0 aliphatic carbocycles. The highest BCUT2D eigenvalue weighted by Gasteiger charge is 2.41. The molecule has 2 fully saturated rings. The van der Waals surface area contributed by atoms with E-state index in [1.165, 1.54) is 6.42 Å². The van der Waals surface area contributed by atoms with Gasteiger partial charge in [-0.3, -0.25) is 4.79 Å². The van der Waals surface area contributed by atoms with Crippen LogP contribution >= 0.6 is 0 Å². The van der Waals surface area contributed by atoms with Gasteiger partial charge in [-0.05, 0) is 12.8 Å². The Bertz CT molecular complexity index is 239. The first-order valence-electron chi connectivity index (χ1n) is 5.73.